The normalized spacial score (nSPS) is 29.0. The molecule has 138 valence electrons. The molecule has 1 aliphatic heterocycles. The second kappa shape index (κ2) is 8.50. The van der Waals surface area contributed by atoms with Gasteiger partial charge in [-0.1, -0.05) is 0 Å². The van der Waals surface area contributed by atoms with Gasteiger partial charge in [0.05, 0.1) is 11.0 Å². The number of thiocarbonyl (C=S) groups is 1. The number of hydrogen-bond acceptors (Lipinski definition) is 9. The van der Waals surface area contributed by atoms with E-state index in [4.69, 9.17) is 31.2 Å². The number of aliphatic hydroxyl groups is 2. The van der Waals surface area contributed by atoms with Gasteiger partial charge in [0, 0.05) is 31.0 Å². The molecule has 0 aliphatic carbocycles. The van der Waals surface area contributed by atoms with E-state index in [1.54, 1.807) is 13.8 Å². The van der Waals surface area contributed by atoms with E-state index in [9.17, 15) is 20.3 Å². The number of benzene rings is 1. The average Bonchev–Trinajstić information content (AvgIpc) is 2.57. The summed E-state index contributed by atoms with van der Waals surface area (Å²) in [6, 6.07) is 5.22. The van der Waals surface area contributed by atoms with Crippen molar-refractivity contribution in [2.45, 2.75) is 44.6 Å². The molecule has 1 aromatic carbocycles. The summed E-state index contributed by atoms with van der Waals surface area (Å²) in [5.74, 6) is 0.223. The van der Waals surface area contributed by atoms with Crippen molar-refractivity contribution >= 4 is 23.1 Å². The molecule has 2 rings (SSSR count). The van der Waals surface area contributed by atoms with E-state index in [1.165, 1.54) is 24.3 Å². The molecule has 0 radical (unpaired) electrons. The van der Waals surface area contributed by atoms with Crippen LogP contribution in [0.3, 0.4) is 0 Å². The summed E-state index contributed by atoms with van der Waals surface area (Å²) in [5.41, 5.74) is -0.0946. The van der Waals surface area contributed by atoms with Crippen LogP contribution in [0, 0.1) is 10.1 Å². The van der Waals surface area contributed by atoms with E-state index < -0.39 is 35.6 Å². The van der Waals surface area contributed by atoms with Gasteiger partial charge in [0.15, 0.2) is 12.4 Å². The van der Waals surface area contributed by atoms with Gasteiger partial charge in [-0.3, -0.25) is 10.1 Å². The Morgan fingerprint density at radius 1 is 1.32 bits per heavy atom. The molecule has 0 bridgehead atoms. The van der Waals surface area contributed by atoms with E-state index in [0.29, 0.717) is 6.61 Å². The van der Waals surface area contributed by atoms with Gasteiger partial charge >= 0.3 is 5.24 Å². The molecule has 2 N–H and O–H groups in total. The maximum absolute atomic E-state index is 10.6. The lowest BCUT2D eigenvalue weighted by Gasteiger charge is -2.40. The molecule has 1 aromatic rings. The Labute approximate surface area is 149 Å². The number of ether oxygens (including phenoxy) is 4. The van der Waals surface area contributed by atoms with Crippen LogP contribution in [0.4, 0.5) is 5.69 Å². The highest BCUT2D eigenvalue weighted by Crippen LogP contribution is 2.25. The third-order valence-electron chi connectivity index (χ3n) is 3.59. The summed E-state index contributed by atoms with van der Waals surface area (Å²) in [7, 11) is 0. The topological polar surface area (TPSA) is 121 Å². The molecule has 0 amide bonds. The van der Waals surface area contributed by atoms with Gasteiger partial charge in [0.25, 0.3) is 5.69 Å². The smallest absolute Gasteiger partial charge is 0.358 e. The lowest BCUT2D eigenvalue weighted by Crippen LogP contribution is -2.59. The van der Waals surface area contributed by atoms with Crippen LogP contribution in [0.25, 0.3) is 0 Å². The minimum Gasteiger partial charge on any atom is -0.447 e. The second-order valence-corrected chi connectivity index (χ2v) is 5.66. The zero-order chi connectivity index (χ0) is 18.6. The van der Waals surface area contributed by atoms with Crippen molar-refractivity contribution in [3.63, 3.8) is 0 Å². The molecule has 0 spiro atoms. The van der Waals surface area contributed by atoms with Crippen molar-refractivity contribution in [3.8, 4) is 5.75 Å². The van der Waals surface area contributed by atoms with Crippen LogP contribution in [0.2, 0.25) is 0 Å². The quantitative estimate of drug-likeness (QED) is 0.445. The van der Waals surface area contributed by atoms with E-state index >= 15 is 0 Å². The number of nitro groups is 1. The monoisotopic (exact) mass is 373 g/mol. The molecule has 10 heteroatoms. The summed E-state index contributed by atoms with van der Waals surface area (Å²) in [6.45, 7) is 3.66. The Morgan fingerprint density at radius 3 is 2.52 bits per heavy atom. The molecule has 5 atom stereocenters. The number of hydrogen-bond donors (Lipinski definition) is 2. The molecular formula is C15H19NO8S. The largest absolute Gasteiger partial charge is 0.447 e. The number of nitro benzene ring substituents is 1. The number of rotatable bonds is 5. The van der Waals surface area contributed by atoms with Crippen LogP contribution in [-0.4, -0.2) is 57.7 Å². The Kier molecular flexibility index (Phi) is 6.62. The fourth-order valence-electron chi connectivity index (χ4n) is 2.31. The second-order valence-electron chi connectivity index (χ2n) is 5.33. The molecule has 1 aliphatic rings. The molecule has 1 heterocycles. The predicted octanol–water partition coefficient (Wildman–Crippen LogP) is 1.15. The van der Waals surface area contributed by atoms with Crippen molar-refractivity contribution in [2.75, 3.05) is 6.61 Å². The third kappa shape index (κ3) is 4.83. The number of nitrogens with zero attached hydrogens (tertiary/aromatic N) is 1. The van der Waals surface area contributed by atoms with Crippen LogP contribution in [0.15, 0.2) is 24.3 Å². The lowest BCUT2D eigenvalue weighted by molar-refractivity contribution is -0.384. The predicted molar refractivity (Wildman–Crippen MR) is 89.2 cm³/mol. The number of aliphatic hydroxyl groups excluding tert-OH is 2. The van der Waals surface area contributed by atoms with E-state index in [2.05, 4.69) is 0 Å². The van der Waals surface area contributed by atoms with Crippen molar-refractivity contribution in [2.24, 2.45) is 0 Å². The number of non-ortho nitro benzene ring substituents is 1. The Balaban J connectivity index is 2.00. The summed E-state index contributed by atoms with van der Waals surface area (Å²) < 4.78 is 21.3. The van der Waals surface area contributed by atoms with Crippen LogP contribution in [0.1, 0.15) is 13.8 Å². The lowest BCUT2D eigenvalue weighted by atomic mass is 10.00. The van der Waals surface area contributed by atoms with E-state index in [1.807, 2.05) is 0 Å². The van der Waals surface area contributed by atoms with Gasteiger partial charge in [-0.2, -0.15) is 0 Å². The van der Waals surface area contributed by atoms with Crippen molar-refractivity contribution < 1.29 is 34.1 Å². The van der Waals surface area contributed by atoms with Crippen LogP contribution in [-0.2, 0) is 14.2 Å². The molecule has 0 unspecified atom stereocenters. The zero-order valence-corrected chi connectivity index (χ0v) is 14.4. The van der Waals surface area contributed by atoms with Crippen molar-refractivity contribution in [3.05, 3.63) is 34.4 Å². The average molecular weight is 373 g/mol. The van der Waals surface area contributed by atoms with E-state index in [-0.39, 0.29) is 16.7 Å². The molecule has 1 saturated heterocycles. The summed E-state index contributed by atoms with van der Waals surface area (Å²) in [4.78, 5) is 10.1. The van der Waals surface area contributed by atoms with Gasteiger partial charge in [-0.25, -0.2) is 0 Å². The van der Waals surface area contributed by atoms with E-state index in [0.717, 1.165) is 0 Å². The molecule has 9 nitrogen and oxygen atoms in total. The molecule has 1 fully saturated rings. The highest BCUT2D eigenvalue weighted by atomic mass is 32.1. The SMILES string of the molecule is CCO[C@H]1O[C@@H](C)[C@@H](O)[C@@H](OC(=S)Oc2ccc([N+](=O)[O-])cc2)[C@@H]1O. The van der Waals surface area contributed by atoms with Gasteiger partial charge in [0.1, 0.15) is 18.0 Å². The van der Waals surface area contributed by atoms with Gasteiger partial charge in [-0.05, 0) is 26.0 Å². The minimum atomic E-state index is -1.27. The van der Waals surface area contributed by atoms with Crippen molar-refractivity contribution in [1.82, 2.24) is 0 Å². The fraction of sp³-hybridized carbons (Fsp3) is 0.533. The van der Waals surface area contributed by atoms with Gasteiger partial charge < -0.3 is 29.2 Å². The zero-order valence-electron chi connectivity index (χ0n) is 13.6. The first kappa shape index (κ1) is 19.5. The summed E-state index contributed by atoms with van der Waals surface area (Å²) in [6.07, 6.45) is -5.14. The third-order valence-corrected chi connectivity index (χ3v) is 3.77. The fourth-order valence-corrected chi connectivity index (χ4v) is 2.51. The molecule has 0 saturated carbocycles. The first-order valence-corrected chi connectivity index (χ1v) is 8.00. The van der Waals surface area contributed by atoms with Gasteiger partial charge in [0.2, 0.25) is 0 Å². The summed E-state index contributed by atoms with van der Waals surface area (Å²) in [5, 5.41) is 30.7. The highest BCUT2D eigenvalue weighted by molar-refractivity contribution is 7.79. The molecular weight excluding hydrogens is 354 g/mol. The van der Waals surface area contributed by atoms with Gasteiger partial charge in [-0.15, -0.1) is 0 Å². The Hall–Kier alpha value is -1.85. The van der Waals surface area contributed by atoms with Crippen molar-refractivity contribution in [1.29, 1.82) is 0 Å². The maximum atomic E-state index is 10.6. The van der Waals surface area contributed by atoms with Crippen LogP contribution in [0.5, 0.6) is 5.75 Å². The Bertz CT molecular complexity index is 610. The van der Waals surface area contributed by atoms with Crippen LogP contribution >= 0.6 is 12.2 Å². The highest BCUT2D eigenvalue weighted by Gasteiger charge is 2.45. The van der Waals surface area contributed by atoms with Crippen LogP contribution < -0.4 is 4.74 Å². The summed E-state index contributed by atoms with van der Waals surface area (Å²) >= 11 is 4.97. The maximum Gasteiger partial charge on any atom is 0.358 e. The minimum absolute atomic E-state index is 0.0946. The standard InChI is InChI=1S/C15H19NO8S/c1-3-21-14-12(18)13(11(17)8(2)22-14)24-15(25)23-10-6-4-9(5-7-10)16(19)20/h4-8,11-14,17-18H,3H2,1-2H3/t8-,11+,12-,13+,14-/m0/s1. The molecule has 25 heavy (non-hydrogen) atoms. The first-order valence-electron chi connectivity index (χ1n) is 7.59. The Morgan fingerprint density at radius 2 is 1.96 bits per heavy atom. The first-order chi connectivity index (χ1) is 11.8. The molecule has 0 aromatic heterocycles.